The molecule has 0 radical (unpaired) electrons. The van der Waals surface area contributed by atoms with Crippen LogP contribution in [0.4, 0.5) is 0 Å². The highest BCUT2D eigenvalue weighted by molar-refractivity contribution is 5.94. The summed E-state index contributed by atoms with van der Waals surface area (Å²) in [7, 11) is 0. The first kappa shape index (κ1) is 15.2. The van der Waals surface area contributed by atoms with Crippen LogP contribution in [0.3, 0.4) is 0 Å². The standard InChI is InChI=1S/C10H13N3O.2ClH/c11-9-3-5-13(7-9)10(14)8-2-1-4-12-6-8;;/h1-2,4,6,9H,3,5,7,11H2;2*1H/t9-;;/m0../s1. The third kappa shape index (κ3) is 3.33. The van der Waals surface area contributed by atoms with Gasteiger partial charge in [-0.15, -0.1) is 24.8 Å². The topological polar surface area (TPSA) is 59.2 Å². The Kier molecular flexibility index (Phi) is 6.33. The fraction of sp³-hybridized carbons (Fsp3) is 0.400. The predicted molar refractivity (Wildman–Crippen MR) is 67.2 cm³/mol. The number of carbonyl (C=O) groups excluding carboxylic acids is 1. The zero-order chi connectivity index (χ0) is 9.97. The van der Waals surface area contributed by atoms with E-state index in [9.17, 15) is 4.79 Å². The molecule has 2 N–H and O–H groups in total. The van der Waals surface area contributed by atoms with Gasteiger partial charge in [0, 0.05) is 31.5 Å². The molecule has 6 heteroatoms. The van der Waals surface area contributed by atoms with Crippen molar-refractivity contribution < 1.29 is 4.79 Å². The van der Waals surface area contributed by atoms with Gasteiger partial charge in [0.15, 0.2) is 0 Å². The molecule has 0 bridgehead atoms. The molecule has 1 aromatic rings. The van der Waals surface area contributed by atoms with E-state index in [0.29, 0.717) is 12.1 Å². The molecule has 2 rings (SSSR count). The first-order valence-electron chi connectivity index (χ1n) is 4.72. The van der Waals surface area contributed by atoms with Crippen LogP contribution in [0.15, 0.2) is 24.5 Å². The van der Waals surface area contributed by atoms with Crippen LogP contribution in [-0.4, -0.2) is 34.9 Å². The molecule has 0 unspecified atom stereocenters. The van der Waals surface area contributed by atoms with Crippen LogP contribution in [0, 0.1) is 0 Å². The van der Waals surface area contributed by atoms with E-state index in [2.05, 4.69) is 4.98 Å². The van der Waals surface area contributed by atoms with Crippen molar-refractivity contribution in [1.29, 1.82) is 0 Å². The normalized spacial score (nSPS) is 18.6. The summed E-state index contributed by atoms with van der Waals surface area (Å²) in [5.74, 6) is 0.0334. The number of carbonyl (C=O) groups is 1. The van der Waals surface area contributed by atoms with E-state index in [0.717, 1.165) is 13.0 Å². The van der Waals surface area contributed by atoms with Gasteiger partial charge < -0.3 is 10.6 Å². The monoisotopic (exact) mass is 263 g/mol. The zero-order valence-corrected chi connectivity index (χ0v) is 10.3. The third-order valence-electron chi connectivity index (χ3n) is 2.42. The minimum Gasteiger partial charge on any atom is -0.337 e. The van der Waals surface area contributed by atoms with Gasteiger partial charge in [-0.05, 0) is 18.6 Å². The first-order valence-corrected chi connectivity index (χ1v) is 4.72. The summed E-state index contributed by atoms with van der Waals surface area (Å²) in [6, 6.07) is 3.68. The van der Waals surface area contributed by atoms with Crippen molar-refractivity contribution in [2.75, 3.05) is 13.1 Å². The average Bonchev–Trinajstić information content (AvgIpc) is 2.65. The fourth-order valence-corrected chi connectivity index (χ4v) is 1.64. The van der Waals surface area contributed by atoms with Crippen LogP contribution in [-0.2, 0) is 0 Å². The SMILES string of the molecule is Cl.Cl.N[C@H]1CCN(C(=O)c2cccnc2)C1. The number of hydrogen-bond acceptors (Lipinski definition) is 3. The summed E-state index contributed by atoms with van der Waals surface area (Å²) in [4.78, 5) is 17.5. The molecule has 0 spiro atoms. The lowest BCUT2D eigenvalue weighted by molar-refractivity contribution is 0.0790. The van der Waals surface area contributed by atoms with Crippen LogP contribution >= 0.6 is 24.8 Å². The second-order valence-corrected chi connectivity index (χ2v) is 3.54. The summed E-state index contributed by atoms with van der Waals surface area (Å²) >= 11 is 0. The number of halogens is 2. The predicted octanol–water partition coefficient (Wildman–Crippen LogP) is 1.10. The lowest BCUT2D eigenvalue weighted by Gasteiger charge is -2.15. The molecule has 1 aliphatic rings. The van der Waals surface area contributed by atoms with Crippen molar-refractivity contribution >= 4 is 30.7 Å². The van der Waals surface area contributed by atoms with E-state index in [4.69, 9.17) is 5.73 Å². The van der Waals surface area contributed by atoms with Gasteiger partial charge in [0.05, 0.1) is 5.56 Å². The maximum Gasteiger partial charge on any atom is 0.255 e. The van der Waals surface area contributed by atoms with Gasteiger partial charge in [-0.25, -0.2) is 0 Å². The smallest absolute Gasteiger partial charge is 0.255 e. The molecule has 1 amide bonds. The van der Waals surface area contributed by atoms with Crippen LogP contribution in [0.25, 0.3) is 0 Å². The maximum absolute atomic E-state index is 11.8. The van der Waals surface area contributed by atoms with Crippen molar-refractivity contribution in [2.45, 2.75) is 12.5 Å². The van der Waals surface area contributed by atoms with Crippen molar-refractivity contribution in [3.05, 3.63) is 30.1 Å². The molecule has 0 saturated carbocycles. The highest BCUT2D eigenvalue weighted by Gasteiger charge is 2.24. The highest BCUT2D eigenvalue weighted by atomic mass is 35.5. The number of nitrogens with zero attached hydrogens (tertiary/aromatic N) is 2. The number of nitrogens with two attached hydrogens (primary N) is 1. The van der Waals surface area contributed by atoms with E-state index in [1.807, 2.05) is 0 Å². The highest BCUT2D eigenvalue weighted by Crippen LogP contribution is 2.11. The van der Waals surface area contributed by atoms with E-state index in [1.165, 1.54) is 0 Å². The largest absolute Gasteiger partial charge is 0.337 e. The number of hydrogen-bond donors (Lipinski definition) is 1. The third-order valence-corrected chi connectivity index (χ3v) is 2.42. The zero-order valence-electron chi connectivity index (χ0n) is 8.70. The van der Waals surface area contributed by atoms with Crippen LogP contribution in [0.1, 0.15) is 16.8 Å². The Hall–Kier alpha value is -0.840. The Morgan fingerprint density at radius 2 is 2.25 bits per heavy atom. The second kappa shape index (κ2) is 6.68. The molecule has 0 aromatic carbocycles. The summed E-state index contributed by atoms with van der Waals surface area (Å²) in [5, 5.41) is 0. The Morgan fingerprint density at radius 3 is 2.75 bits per heavy atom. The van der Waals surface area contributed by atoms with Crippen LogP contribution < -0.4 is 5.73 Å². The van der Waals surface area contributed by atoms with Crippen LogP contribution in [0.2, 0.25) is 0 Å². The van der Waals surface area contributed by atoms with Crippen LogP contribution in [0.5, 0.6) is 0 Å². The lowest BCUT2D eigenvalue weighted by atomic mass is 10.2. The second-order valence-electron chi connectivity index (χ2n) is 3.54. The summed E-state index contributed by atoms with van der Waals surface area (Å²) in [5.41, 5.74) is 6.37. The molecule has 90 valence electrons. The van der Waals surface area contributed by atoms with Gasteiger partial charge in [-0.3, -0.25) is 9.78 Å². The quantitative estimate of drug-likeness (QED) is 0.826. The number of rotatable bonds is 1. The van der Waals surface area contributed by atoms with Gasteiger partial charge in [0.1, 0.15) is 0 Å². The van der Waals surface area contributed by atoms with Crippen molar-refractivity contribution in [1.82, 2.24) is 9.88 Å². The fourth-order valence-electron chi connectivity index (χ4n) is 1.64. The van der Waals surface area contributed by atoms with Gasteiger partial charge in [0.25, 0.3) is 5.91 Å². The summed E-state index contributed by atoms with van der Waals surface area (Å²) < 4.78 is 0. The minimum atomic E-state index is 0. The Labute approximate surface area is 107 Å². The van der Waals surface area contributed by atoms with Gasteiger partial charge in [-0.1, -0.05) is 0 Å². The molecule has 0 aliphatic carbocycles. The molecule has 1 saturated heterocycles. The van der Waals surface area contributed by atoms with E-state index in [1.54, 1.807) is 29.4 Å². The number of pyridine rings is 1. The molecule has 1 fully saturated rings. The maximum atomic E-state index is 11.8. The van der Waals surface area contributed by atoms with Gasteiger partial charge in [0.2, 0.25) is 0 Å². The van der Waals surface area contributed by atoms with Crippen molar-refractivity contribution in [3.8, 4) is 0 Å². The van der Waals surface area contributed by atoms with Gasteiger partial charge >= 0.3 is 0 Å². The van der Waals surface area contributed by atoms with E-state index in [-0.39, 0.29) is 36.8 Å². The average molecular weight is 264 g/mol. The Balaban J connectivity index is 0.00000112. The van der Waals surface area contributed by atoms with Crippen molar-refractivity contribution in [3.63, 3.8) is 0 Å². The Bertz CT molecular complexity index is 334. The molecule has 2 heterocycles. The number of amides is 1. The van der Waals surface area contributed by atoms with E-state index >= 15 is 0 Å². The molecule has 1 atom stereocenters. The molecule has 1 aromatic heterocycles. The number of likely N-dealkylation sites (tertiary alicyclic amines) is 1. The van der Waals surface area contributed by atoms with Crippen molar-refractivity contribution in [2.24, 2.45) is 5.73 Å². The summed E-state index contributed by atoms with van der Waals surface area (Å²) in [6.45, 7) is 1.42. The minimum absolute atomic E-state index is 0. The number of aromatic nitrogens is 1. The first-order chi connectivity index (χ1) is 6.77. The van der Waals surface area contributed by atoms with Gasteiger partial charge in [-0.2, -0.15) is 0 Å². The van der Waals surface area contributed by atoms with E-state index < -0.39 is 0 Å². The molecular formula is C10H15Cl2N3O. The molecule has 1 aliphatic heterocycles. The molecular weight excluding hydrogens is 249 g/mol. The lowest BCUT2D eigenvalue weighted by Crippen LogP contribution is -2.31. The molecule has 4 nitrogen and oxygen atoms in total. The molecule has 16 heavy (non-hydrogen) atoms. The summed E-state index contributed by atoms with van der Waals surface area (Å²) in [6.07, 6.45) is 4.14. The Morgan fingerprint density at radius 1 is 1.50 bits per heavy atom.